The van der Waals surface area contributed by atoms with Gasteiger partial charge in [-0.25, -0.2) is 4.79 Å². The zero-order valence-electron chi connectivity index (χ0n) is 20.3. The Kier molecular flexibility index (Phi) is 15.8. The van der Waals surface area contributed by atoms with Crippen LogP contribution in [-0.4, -0.2) is 74.3 Å². The fourth-order valence-corrected chi connectivity index (χ4v) is 3.42. The highest BCUT2D eigenvalue weighted by Gasteiger charge is 2.47. The predicted molar refractivity (Wildman–Crippen MR) is 131 cm³/mol. The number of rotatable bonds is 17. The van der Waals surface area contributed by atoms with Crippen LogP contribution in [0.5, 0.6) is 0 Å². The Hall–Kier alpha value is -2.30. The number of aliphatic hydroxyl groups is 3. The van der Waals surface area contributed by atoms with E-state index in [2.05, 4.69) is 6.92 Å². The van der Waals surface area contributed by atoms with E-state index in [0.29, 0.717) is 12.8 Å². The summed E-state index contributed by atoms with van der Waals surface area (Å²) in [6.45, 7) is 2.07. The summed E-state index contributed by atoms with van der Waals surface area (Å²) in [7, 11) is 0. The van der Waals surface area contributed by atoms with Gasteiger partial charge in [0.05, 0.1) is 6.10 Å². The van der Waals surface area contributed by atoms with E-state index in [4.69, 9.17) is 14.6 Å². The van der Waals surface area contributed by atoms with Crippen molar-refractivity contribution in [2.75, 3.05) is 0 Å². The van der Waals surface area contributed by atoms with E-state index >= 15 is 0 Å². The molecular weight excluding hydrogens is 456 g/mol. The first-order chi connectivity index (χ1) is 16.8. The van der Waals surface area contributed by atoms with Gasteiger partial charge >= 0.3 is 11.9 Å². The lowest BCUT2D eigenvalue weighted by Gasteiger charge is -2.39. The van der Waals surface area contributed by atoms with E-state index < -0.39 is 48.7 Å². The molecule has 1 unspecified atom stereocenters. The molecule has 6 atom stereocenters. The van der Waals surface area contributed by atoms with Gasteiger partial charge in [0.25, 0.3) is 0 Å². The van der Waals surface area contributed by atoms with Gasteiger partial charge < -0.3 is 35.0 Å². The molecule has 0 saturated carbocycles. The second-order valence-electron chi connectivity index (χ2n) is 8.42. The number of carboxylic acids is 2. The van der Waals surface area contributed by atoms with Crippen LogP contribution in [0.1, 0.15) is 64.7 Å². The molecule has 0 aromatic heterocycles. The standard InChI is InChI=1S/C26H40O9/c1-2-3-13-16-19(34-26-23(31)21(29)22(30)24(35-26)25(32)33)17-14-11-9-7-5-4-6-8-10-12-15-18-20(27)28/h4-5,8-11,14,17,19,21-24,26,29-31H,2-3,6-7,12-13,15-16,18H2,1H3,(H,27,28)(H,32,33)/b5-4-,10-8-,11-9-,17-14+/t19?,21-,22-,23+,24-,26+/m0/s1. The van der Waals surface area contributed by atoms with Gasteiger partial charge in [0.1, 0.15) is 18.3 Å². The number of aliphatic carboxylic acids is 2. The second kappa shape index (κ2) is 18.0. The van der Waals surface area contributed by atoms with Gasteiger partial charge in [-0.15, -0.1) is 0 Å². The molecule has 1 saturated heterocycles. The molecule has 0 spiro atoms. The van der Waals surface area contributed by atoms with E-state index in [-0.39, 0.29) is 6.42 Å². The van der Waals surface area contributed by atoms with E-state index in [1.807, 2.05) is 42.5 Å². The first-order valence-corrected chi connectivity index (χ1v) is 12.2. The van der Waals surface area contributed by atoms with Crippen molar-refractivity contribution in [1.29, 1.82) is 0 Å². The summed E-state index contributed by atoms with van der Waals surface area (Å²) in [4.78, 5) is 21.7. The van der Waals surface area contributed by atoms with Crippen LogP contribution in [0.3, 0.4) is 0 Å². The lowest BCUT2D eigenvalue weighted by atomic mass is 9.99. The van der Waals surface area contributed by atoms with Gasteiger partial charge in [0.2, 0.25) is 0 Å². The topological polar surface area (TPSA) is 154 Å². The fourth-order valence-electron chi connectivity index (χ4n) is 3.42. The number of hydrogen-bond acceptors (Lipinski definition) is 7. The third-order valence-electron chi connectivity index (χ3n) is 5.43. The Morgan fingerprint density at radius 1 is 0.886 bits per heavy atom. The number of aliphatic hydroxyl groups excluding tert-OH is 3. The number of ether oxygens (including phenoxy) is 2. The molecule has 0 bridgehead atoms. The van der Waals surface area contributed by atoms with Crippen LogP contribution in [0.15, 0.2) is 48.6 Å². The maximum Gasteiger partial charge on any atom is 0.335 e. The summed E-state index contributed by atoms with van der Waals surface area (Å²) < 4.78 is 11.0. The maximum atomic E-state index is 11.3. The van der Waals surface area contributed by atoms with Crippen LogP contribution in [-0.2, 0) is 19.1 Å². The molecule has 35 heavy (non-hydrogen) atoms. The van der Waals surface area contributed by atoms with Gasteiger partial charge in [0, 0.05) is 6.42 Å². The van der Waals surface area contributed by atoms with Crippen molar-refractivity contribution < 1.29 is 44.6 Å². The summed E-state index contributed by atoms with van der Waals surface area (Å²) >= 11 is 0. The van der Waals surface area contributed by atoms with Crippen molar-refractivity contribution in [2.24, 2.45) is 0 Å². The quantitative estimate of drug-likeness (QED) is 0.116. The molecule has 5 N–H and O–H groups in total. The van der Waals surface area contributed by atoms with Crippen LogP contribution in [0.25, 0.3) is 0 Å². The first kappa shape index (κ1) is 30.7. The van der Waals surface area contributed by atoms with Crippen LogP contribution in [0.4, 0.5) is 0 Å². The summed E-state index contributed by atoms with van der Waals surface area (Å²) in [5.41, 5.74) is 0. The number of carboxylic acid groups (broad SMARTS) is 2. The Labute approximate surface area is 207 Å². The SMILES string of the molecule is CCCCCC(/C=C/C=C\C/C=C\C/C=C\CCCC(=O)O)O[C@@H]1O[C@H](C(=O)O)[C@@H](O)[C@H](O)[C@H]1O. The van der Waals surface area contributed by atoms with E-state index in [0.717, 1.165) is 38.5 Å². The molecule has 0 aromatic carbocycles. The molecule has 1 aliphatic rings. The lowest BCUT2D eigenvalue weighted by molar-refractivity contribution is -0.300. The first-order valence-electron chi connectivity index (χ1n) is 12.2. The number of allylic oxidation sites excluding steroid dienone is 7. The van der Waals surface area contributed by atoms with Gasteiger partial charge in [-0.1, -0.05) is 74.8 Å². The third kappa shape index (κ3) is 12.8. The van der Waals surface area contributed by atoms with Crippen LogP contribution in [0.2, 0.25) is 0 Å². The smallest absolute Gasteiger partial charge is 0.335 e. The molecule has 1 heterocycles. The Morgan fingerprint density at radius 3 is 2.23 bits per heavy atom. The number of unbranched alkanes of at least 4 members (excludes halogenated alkanes) is 3. The third-order valence-corrected chi connectivity index (χ3v) is 5.43. The number of hydrogen-bond donors (Lipinski definition) is 5. The van der Waals surface area contributed by atoms with Crippen LogP contribution in [0, 0.1) is 0 Å². The highest BCUT2D eigenvalue weighted by atomic mass is 16.7. The molecule has 198 valence electrons. The van der Waals surface area contributed by atoms with Crippen molar-refractivity contribution in [3.8, 4) is 0 Å². The lowest BCUT2D eigenvalue weighted by Crippen LogP contribution is -2.60. The highest BCUT2D eigenvalue weighted by molar-refractivity contribution is 5.73. The maximum absolute atomic E-state index is 11.3. The molecule has 1 aliphatic heterocycles. The molecular formula is C26H40O9. The monoisotopic (exact) mass is 496 g/mol. The summed E-state index contributed by atoms with van der Waals surface area (Å²) in [6, 6.07) is 0. The molecule has 1 rings (SSSR count). The average molecular weight is 497 g/mol. The normalized spacial score (nSPS) is 26.3. The van der Waals surface area contributed by atoms with Gasteiger partial charge in [-0.2, -0.15) is 0 Å². The molecule has 0 aromatic rings. The second-order valence-corrected chi connectivity index (χ2v) is 8.42. The van der Waals surface area contributed by atoms with Crippen molar-refractivity contribution in [1.82, 2.24) is 0 Å². The minimum Gasteiger partial charge on any atom is -0.481 e. The molecule has 0 amide bonds. The van der Waals surface area contributed by atoms with Gasteiger partial charge in [-0.3, -0.25) is 4.79 Å². The summed E-state index contributed by atoms with van der Waals surface area (Å²) in [5.74, 6) is -2.22. The number of carbonyl (C=O) groups is 2. The van der Waals surface area contributed by atoms with Gasteiger partial charge in [-0.05, 0) is 32.1 Å². The van der Waals surface area contributed by atoms with Crippen molar-refractivity contribution in [3.63, 3.8) is 0 Å². The predicted octanol–water partition coefficient (Wildman–Crippen LogP) is 3.10. The molecule has 0 radical (unpaired) electrons. The van der Waals surface area contributed by atoms with E-state index in [1.165, 1.54) is 0 Å². The van der Waals surface area contributed by atoms with Crippen LogP contribution >= 0.6 is 0 Å². The van der Waals surface area contributed by atoms with E-state index in [9.17, 15) is 30.0 Å². The van der Waals surface area contributed by atoms with E-state index in [1.54, 1.807) is 6.08 Å². The van der Waals surface area contributed by atoms with Crippen LogP contribution < -0.4 is 0 Å². The van der Waals surface area contributed by atoms with Gasteiger partial charge in [0.15, 0.2) is 12.4 Å². The Balaban J connectivity index is 2.53. The molecule has 9 heteroatoms. The fraction of sp³-hybridized carbons (Fsp3) is 0.615. The summed E-state index contributed by atoms with van der Waals surface area (Å²) in [6.07, 6.45) is 13.5. The Morgan fingerprint density at radius 2 is 1.57 bits per heavy atom. The minimum atomic E-state index is -1.75. The largest absolute Gasteiger partial charge is 0.481 e. The average Bonchev–Trinajstić information content (AvgIpc) is 2.81. The van der Waals surface area contributed by atoms with Crippen molar-refractivity contribution in [3.05, 3.63) is 48.6 Å². The van der Waals surface area contributed by atoms with Crippen molar-refractivity contribution in [2.45, 2.75) is 102 Å². The summed E-state index contributed by atoms with van der Waals surface area (Å²) in [5, 5.41) is 47.8. The molecule has 1 fully saturated rings. The Bertz CT molecular complexity index is 728. The molecule has 9 nitrogen and oxygen atoms in total. The molecule has 0 aliphatic carbocycles. The minimum absolute atomic E-state index is 0.186. The van der Waals surface area contributed by atoms with Crippen molar-refractivity contribution >= 4 is 11.9 Å². The zero-order chi connectivity index (χ0) is 26.1. The highest BCUT2D eigenvalue weighted by Crippen LogP contribution is 2.24. The zero-order valence-corrected chi connectivity index (χ0v) is 20.3.